The van der Waals surface area contributed by atoms with Gasteiger partial charge in [-0.05, 0) is 36.4 Å². The zero-order valence-corrected chi connectivity index (χ0v) is 19.0. The summed E-state index contributed by atoms with van der Waals surface area (Å²) in [5.74, 6) is 0. The van der Waals surface area contributed by atoms with Crippen molar-refractivity contribution in [2.45, 2.75) is 0 Å². The van der Waals surface area contributed by atoms with Gasteiger partial charge in [0.25, 0.3) is 0 Å². The summed E-state index contributed by atoms with van der Waals surface area (Å²) >= 11 is 3.62. The lowest BCUT2D eigenvalue weighted by atomic mass is 10.1. The number of nitrogens with zero attached hydrogens (tertiary/aromatic N) is 3. The van der Waals surface area contributed by atoms with E-state index in [1.165, 1.54) is 57.8 Å². The number of benzene rings is 4. The number of rotatable bonds is 1. The summed E-state index contributed by atoms with van der Waals surface area (Å²) < 4.78 is 6.35. The van der Waals surface area contributed by atoms with Gasteiger partial charge in [-0.15, -0.1) is 22.7 Å². The molecule has 5 heteroatoms. The Bertz CT molecular complexity index is 2040. The molecule has 0 N–H and O–H groups in total. The molecule has 8 aromatic rings. The number of aromatic nitrogens is 3. The molecular formula is C28H15N3S2. The smallest absolute Gasteiger partial charge is 0.127 e. The molecule has 0 spiro atoms. The normalized spacial score (nSPS) is 12.2. The minimum atomic E-state index is 1.04. The molecule has 3 nitrogen and oxygen atoms in total. The predicted molar refractivity (Wildman–Crippen MR) is 142 cm³/mol. The highest BCUT2D eigenvalue weighted by molar-refractivity contribution is 7.26. The first kappa shape index (κ1) is 17.7. The lowest BCUT2D eigenvalue weighted by molar-refractivity contribution is 1.19. The van der Waals surface area contributed by atoms with E-state index in [1.54, 1.807) is 17.7 Å². The summed E-state index contributed by atoms with van der Waals surface area (Å²) in [5.41, 5.74) is 3.64. The molecule has 0 aliphatic carbocycles. The van der Waals surface area contributed by atoms with E-state index in [1.807, 2.05) is 17.5 Å². The van der Waals surface area contributed by atoms with Crippen LogP contribution >= 0.6 is 22.7 Å². The molecule has 33 heavy (non-hydrogen) atoms. The van der Waals surface area contributed by atoms with Crippen LogP contribution in [0.25, 0.3) is 68.0 Å². The second-order valence-corrected chi connectivity index (χ2v) is 10.4. The predicted octanol–water partition coefficient (Wildman–Crippen LogP) is 8.31. The molecule has 0 fully saturated rings. The average Bonchev–Trinajstić information content (AvgIpc) is 3.52. The Morgan fingerprint density at radius 3 is 2.45 bits per heavy atom. The fraction of sp³-hybridized carbons (Fsp3) is 0. The number of fused-ring (bicyclic) bond motifs is 10. The van der Waals surface area contributed by atoms with Gasteiger partial charge in [0.05, 0.1) is 11.0 Å². The molecule has 0 radical (unpaired) electrons. The average molecular weight is 458 g/mol. The van der Waals surface area contributed by atoms with Crippen LogP contribution < -0.4 is 0 Å². The first-order valence-corrected chi connectivity index (χ1v) is 12.5. The van der Waals surface area contributed by atoms with Crippen LogP contribution in [0.4, 0.5) is 0 Å². The van der Waals surface area contributed by atoms with E-state index < -0.39 is 0 Å². The summed E-state index contributed by atoms with van der Waals surface area (Å²) in [7, 11) is 0. The van der Waals surface area contributed by atoms with Crippen LogP contribution in [-0.4, -0.2) is 14.5 Å². The molecule has 0 saturated carbocycles. The first-order chi connectivity index (χ1) is 16.4. The molecule has 4 aromatic carbocycles. The van der Waals surface area contributed by atoms with Crippen molar-refractivity contribution in [2.75, 3.05) is 0 Å². The van der Waals surface area contributed by atoms with Gasteiger partial charge in [0, 0.05) is 58.3 Å². The maximum atomic E-state index is 4.53. The van der Waals surface area contributed by atoms with Gasteiger partial charge in [-0.2, -0.15) is 0 Å². The Kier molecular flexibility index (Phi) is 3.42. The van der Waals surface area contributed by atoms with Crippen molar-refractivity contribution in [2.24, 2.45) is 0 Å². The van der Waals surface area contributed by atoms with Gasteiger partial charge in [-0.3, -0.25) is 0 Å². The molecule has 8 rings (SSSR count). The molecule has 0 aliphatic rings. The van der Waals surface area contributed by atoms with Crippen LogP contribution in [0, 0.1) is 0 Å². The number of hydrogen-bond acceptors (Lipinski definition) is 4. The molecule has 154 valence electrons. The molecule has 0 amide bonds. The maximum Gasteiger partial charge on any atom is 0.127 e. The summed E-state index contributed by atoms with van der Waals surface area (Å²) in [6.45, 7) is 0. The fourth-order valence-corrected chi connectivity index (χ4v) is 7.42. The van der Waals surface area contributed by atoms with Crippen LogP contribution in [0.2, 0.25) is 0 Å². The van der Waals surface area contributed by atoms with E-state index in [4.69, 9.17) is 0 Å². The van der Waals surface area contributed by atoms with Crippen molar-refractivity contribution < 1.29 is 0 Å². The zero-order chi connectivity index (χ0) is 21.5. The quantitative estimate of drug-likeness (QED) is 0.248. The van der Waals surface area contributed by atoms with E-state index in [2.05, 4.69) is 93.4 Å². The SMILES string of the molecule is c1ccc2c(c1)sc1ccc(-n3c4ccccc4c4c5sc6ncncc6c5ccc43)cc12. The largest absolute Gasteiger partial charge is 0.309 e. The van der Waals surface area contributed by atoms with Crippen molar-refractivity contribution in [3.63, 3.8) is 0 Å². The highest BCUT2D eigenvalue weighted by atomic mass is 32.1. The Hall–Kier alpha value is -3.80. The van der Waals surface area contributed by atoms with E-state index in [-0.39, 0.29) is 0 Å². The van der Waals surface area contributed by atoms with Crippen molar-refractivity contribution in [1.29, 1.82) is 0 Å². The van der Waals surface area contributed by atoms with Crippen molar-refractivity contribution in [3.05, 3.63) is 91.4 Å². The third kappa shape index (κ3) is 2.33. The van der Waals surface area contributed by atoms with Crippen molar-refractivity contribution >= 4 is 85.0 Å². The third-order valence-electron chi connectivity index (χ3n) is 6.57. The van der Waals surface area contributed by atoms with Crippen LogP contribution in [0.1, 0.15) is 0 Å². The second-order valence-electron chi connectivity index (χ2n) is 8.31. The summed E-state index contributed by atoms with van der Waals surface area (Å²) in [6, 6.07) is 28.8. The van der Waals surface area contributed by atoms with Gasteiger partial charge in [0.1, 0.15) is 11.2 Å². The van der Waals surface area contributed by atoms with Gasteiger partial charge >= 0.3 is 0 Å². The van der Waals surface area contributed by atoms with E-state index >= 15 is 0 Å². The molecule has 0 saturated heterocycles. The molecule has 0 atom stereocenters. The monoisotopic (exact) mass is 457 g/mol. The fourth-order valence-electron chi connectivity index (χ4n) is 5.16. The van der Waals surface area contributed by atoms with Gasteiger partial charge in [-0.25, -0.2) is 9.97 Å². The van der Waals surface area contributed by atoms with Gasteiger partial charge in [0.15, 0.2) is 0 Å². The Morgan fingerprint density at radius 1 is 0.636 bits per heavy atom. The summed E-state index contributed by atoms with van der Waals surface area (Å²) in [5, 5.41) is 7.56. The molecule has 0 aliphatic heterocycles. The van der Waals surface area contributed by atoms with Gasteiger partial charge in [0.2, 0.25) is 0 Å². The first-order valence-electron chi connectivity index (χ1n) is 10.8. The van der Waals surface area contributed by atoms with E-state index in [9.17, 15) is 0 Å². The Balaban J connectivity index is 1.53. The topological polar surface area (TPSA) is 30.7 Å². The van der Waals surface area contributed by atoms with Crippen LogP contribution in [-0.2, 0) is 0 Å². The van der Waals surface area contributed by atoms with Gasteiger partial charge < -0.3 is 4.57 Å². The van der Waals surface area contributed by atoms with Crippen LogP contribution in [0.5, 0.6) is 0 Å². The lowest BCUT2D eigenvalue weighted by Crippen LogP contribution is -1.93. The van der Waals surface area contributed by atoms with Crippen molar-refractivity contribution in [3.8, 4) is 5.69 Å². The Labute approximate surface area is 196 Å². The molecule has 4 aromatic heterocycles. The minimum absolute atomic E-state index is 1.04. The van der Waals surface area contributed by atoms with Crippen LogP contribution in [0.3, 0.4) is 0 Å². The van der Waals surface area contributed by atoms with Crippen molar-refractivity contribution in [1.82, 2.24) is 14.5 Å². The highest BCUT2D eigenvalue weighted by Gasteiger charge is 2.18. The summed E-state index contributed by atoms with van der Waals surface area (Å²) in [4.78, 5) is 9.84. The molecule has 0 bridgehead atoms. The Morgan fingerprint density at radius 2 is 1.48 bits per heavy atom. The molecular weight excluding hydrogens is 442 g/mol. The van der Waals surface area contributed by atoms with Gasteiger partial charge in [-0.1, -0.05) is 42.5 Å². The molecule has 4 heterocycles. The standard InChI is InChI=1S/C28H15N3S2/c1-3-7-22-19(6-1)26-23(11-10-18-21-14-29-15-30-28(21)33-27(18)26)31(22)16-9-12-25-20(13-16)17-5-2-4-8-24(17)32-25/h1-15H. The van der Waals surface area contributed by atoms with E-state index in [0.717, 1.165) is 10.2 Å². The molecule has 0 unspecified atom stereocenters. The minimum Gasteiger partial charge on any atom is -0.309 e. The highest BCUT2D eigenvalue weighted by Crippen LogP contribution is 2.43. The van der Waals surface area contributed by atoms with Crippen LogP contribution in [0.15, 0.2) is 91.4 Å². The number of thiophene rings is 2. The lowest BCUT2D eigenvalue weighted by Gasteiger charge is -2.08. The number of para-hydroxylation sites is 1. The second kappa shape index (κ2) is 6.38. The maximum absolute atomic E-state index is 4.53. The summed E-state index contributed by atoms with van der Waals surface area (Å²) in [6.07, 6.45) is 3.57. The zero-order valence-electron chi connectivity index (χ0n) is 17.3. The number of hydrogen-bond donors (Lipinski definition) is 0. The van der Waals surface area contributed by atoms with E-state index in [0.29, 0.717) is 0 Å². The third-order valence-corrected chi connectivity index (χ3v) is 8.87.